The fourth-order valence-corrected chi connectivity index (χ4v) is 1.16. The van der Waals surface area contributed by atoms with Gasteiger partial charge in [-0.3, -0.25) is 0 Å². The molecule has 2 nitrogen and oxygen atoms in total. The zero-order chi connectivity index (χ0) is 8.97. The molecule has 0 fully saturated rings. The first-order valence-electron chi connectivity index (χ1n) is 4.49. The van der Waals surface area contributed by atoms with E-state index in [2.05, 4.69) is 13.8 Å². The number of hydrogen-bond donors (Lipinski definition) is 1. The number of hydrogen-bond acceptors (Lipinski definition) is 2. The van der Waals surface area contributed by atoms with Crippen LogP contribution >= 0.6 is 0 Å². The summed E-state index contributed by atoms with van der Waals surface area (Å²) in [7, 11) is 0. The largest absolute Gasteiger partial charge is 0.468 e. The fourth-order valence-electron chi connectivity index (χ4n) is 1.16. The molecule has 1 aromatic heterocycles. The average molecular weight is 167 g/mol. The van der Waals surface area contributed by atoms with Crippen molar-refractivity contribution >= 4 is 0 Å². The average Bonchev–Trinajstić information content (AvgIpc) is 2.51. The Morgan fingerprint density at radius 1 is 1.42 bits per heavy atom. The maximum absolute atomic E-state index is 5.89. The molecule has 0 saturated heterocycles. The Hall–Kier alpha value is -0.760. The summed E-state index contributed by atoms with van der Waals surface area (Å²) in [6, 6.07) is 3.89. The van der Waals surface area contributed by atoms with E-state index in [-0.39, 0.29) is 6.04 Å². The minimum atomic E-state index is 0.0717. The molecule has 0 aromatic carbocycles. The Labute approximate surface area is 73.8 Å². The lowest BCUT2D eigenvalue weighted by molar-refractivity contribution is 0.424. The molecule has 0 aliphatic heterocycles. The van der Waals surface area contributed by atoms with Crippen molar-refractivity contribution in [3.8, 4) is 0 Å². The van der Waals surface area contributed by atoms with Crippen LogP contribution in [0.4, 0.5) is 0 Å². The van der Waals surface area contributed by atoms with Crippen LogP contribution < -0.4 is 5.73 Å². The molecule has 68 valence electrons. The molecule has 2 N–H and O–H groups in total. The Bertz CT molecular complexity index is 204. The first kappa shape index (κ1) is 9.33. The highest BCUT2D eigenvalue weighted by Gasteiger charge is 2.08. The van der Waals surface area contributed by atoms with Gasteiger partial charge in [-0.05, 0) is 30.9 Å². The lowest BCUT2D eigenvalue weighted by atomic mass is 10.0. The van der Waals surface area contributed by atoms with Crippen molar-refractivity contribution in [2.24, 2.45) is 11.7 Å². The molecule has 12 heavy (non-hydrogen) atoms. The molecule has 0 aliphatic carbocycles. The topological polar surface area (TPSA) is 39.2 Å². The molecule has 1 heterocycles. The highest BCUT2D eigenvalue weighted by Crippen LogP contribution is 2.18. The summed E-state index contributed by atoms with van der Waals surface area (Å²) in [6.45, 7) is 4.41. The van der Waals surface area contributed by atoms with Crippen LogP contribution in [0.5, 0.6) is 0 Å². The first-order chi connectivity index (χ1) is 5.70. The van der Waals surface area contributed by atoms with Crippen LogP contribution in [0.15, 0.2) is 22.8 Å². The summed E-state index contributed by atoms with van der Waals surface area (Å²) in [4.78, 5) is 0. The van der Waals surface area contributed by atoms with Gasteiger partial charge >= 0.3 is 0 Å². The number of nitrogens with two attached hydrogens (primary N) is 1. The van der Waals surface area contributed by atoms with Gasteiger partial charge in [0.2, 0.25) is 0 Å². The van der Waals surface area contributed by atoms with Gasteiger partial charge < -0.3 is 10.2 Å². The second-order valence-electron chi connectivity index (χ2n) is 3.59. The van der Waals surface area contributed by atoms with E-state index in [0.717, 1.165) is 18.6 Å². The quantitative estimate of drug-likeness (QED) is 0.748. The second kappa shape index (κ2) is 4.31. The number of furan rings is 1. The summed E-state index contributed by atoms with van der Waals surface area (Å²) in [5.41, 5.74) is 5.89. The molecule has 1 aromatic rings. The van der Waals surface area contributed by atoms with Crippen LogP contribution in [0.1, 0.15) is 38.5 Å². The van der Waals surface area contributed by atoms with Crippen molar-refractivity contribution in [1.29, 1.82) is 0 Å². The number of rotatable bonds is 4. The molecule has 1 rings (SSSR count). The van der Waals surface area contributed by atoms with Crippen molar-refractivity contribution in [2.75, 3.05) is 0 Å². The maximum Gasteiger partial charge on any atom is 0.120 e. The van der Waals surface area contributed by atoms with Gasteiger partial charge in [-0.15, -0.1) is 0 Å². The molecule has 0 bridgehead atoms. The van der Waals surface area contributed by atoms with Gasteiger partial charge in [-0.25, -0.2) is 0 Å². The summed E-state index contributed by atoms with van der Waals surface area (Å²) in [5.74, 6) is 1.61. The molecule has 0 amide bonds. The van der Waals surface area contributed by atoms with E-state index in [0.29, 0.717) is 5.92 Å². The lowest BCUT2D eigenvalue weighted by Gasteiger charge is -2.09. The van der Waals surface area contributed by atoms with Gasteiger partial charge in [0.05, 0.1) is 12.3 Å². The third-order valence-corrected chi connectivity index (χ3v) is 1.96. The van der Waals surface area contributed by atoms with Gasteiger partial charge in [0, 0.05) is 0 Å². The molecular formula is C10H17NO. The van der Waals surface area contributed by atoms with E-state index in [1.54, 1.807) is 6.26 Å². The third kappa shape index (κ3) is 2.70. The molecule has 2 heteroatoms. The standard InChI is InChI=1S/C10H17NO/c1-8(2)5-6-9(11)10-4-3-7-12-10/h3-4,7-9H,5-6,11H2,1-2H3/t9-/m0/s1. The summed E-state index contributed by atoms with van der Waals surface area (Å²) < 4.78 is 5.20. The van der Waals surface area contributed by atoms with Crippen molar-refractivity contribution in [3.05, 3.63) is 24.2 Å². The SMILES string of the molecule is CC(C)CC[C@H](N)c1ccco1. The molecule has 0 unspecified atom stereocenters. The van der Waals surface area contributed by atoms with Gasteiger partial charge in [0.25, 0.3) is 0 Å². The van der Waals surface area contributed by atoms with Crippen molar-refractivity contribution in [2.45, 2.75) is 32.7 Å². The zero-order valence-electron chi connectivity index (χ0n) is 7.79. The predicted octanol–water partition coefficient (Wildman–Crippen LogP) is 2.72. The Morgan fingerprint density at radius 3 is 2.67 bits per heavy atom. The summed E-state index contributed by atoms with van der Waals surface area (Å²) in [6.07, 6.45) is 3.83. The van der Waals surface area contributed by atoms with Crippen LogP contribution in [0.3, 0.4) is 0 Å². The van der Waals surface area contributed by atoms with Crippen molar-refractivity contribution in [3.63, 3.8) is 0 Å². The van der Waals surface area contributed by atoms with E-state index >= 15 is 0 Å². The second-order valence-corrected chi connectivity index (χ2v) is 3.59. The Balaban J connectivity index is 2.34. The van der Waals surface area contributed by atoms with Crippen LogP contribution in [0.25, 0.3) is 0 Å². The maximum atomic E-state index is 5.89. The van der Waals surface area contributed by atoms with Gasteiger partial charge in [0.1, 0.15) is 5.76 Å². The minimum Gasteiger partial charge on any atom is -0.468 e. The lowest BCUT2D eigenvalue weighted by Crippen LogP contribution is -2.10. The highest BCUT2D eigenvalue weighted by atomic mass is 16.3. The monoisotopic (exact) mass is 167 g/mol. The zero-order valence-corrected chi connectivity index (χ0v) is 7.79. The highest BCUT2D eigenvalue weighted by molar-refractivity contribution is 5.03. The van der Waals surface area contributed by atoms with Gasteiger partial charge in [0.15, 0.2) is 0 Å². The summed E-state index contributed by atoms with van der Waals surface area (Å²) in [5, 5.41) is 0. The smallest absolute Gasteiger partial charge is 0.120 e. The first-order valence-corrected chi connectivity index (χ1v) is 4.49. The van der Waals surface area contributed by atoms with Crippen LogP contribution in [-0.2, 0) is 0 Å². The van der Waals surface area contributed by atoms with Crippen molar-refractivity contribution in [1.82, 2.24) is 0 Å². The molecule has 0 radical (unpaired) electrons. The molecule has 0 spiro atoms. The summed E-state index contributed by atoms with van der Waals surface area (Å²) >= 11 is 0. The van der Waals surface area contributed by atoms with E-state index in [9.17, 15) is 0 Å². The minimum absolute atomic E-state index is 0.0717. The van der Waals surface area contributed by atoms with Gasteiger partial charge in [-0.1, -0.05) is 13.8 Å². The van der Waals surface area contributed by atoms with Crippen LogP contribution in [-0.4, -0.2) is 0 Å². The van der Waals surface area contributed by atoms with Crippen LogP contribution in [0, 0.1) is 5.92 Å². The van der Waals surface area contributed by atoms with Crippen LogP contribution in [0.2, 0.25) is 0 Å². The van der Waals surface area contributed by atoms with E-state index in [1.807, 2.05) is 12.1 Å². The van der Waals surface area contributed by atoms with E-state index in [4.69, 9.17) is 10.2 Å². The molecule has 0 saturated carbocycles. The molecular weight excluding hydrogens is 150 g/mol. The molecule has 0 aliphatic rings. The normalized spacial score (nSPS) is 13.7. The van der Waals surface area contributed by atoms with E-state index < -0.39 is 0 Å². The molecule has 1 atom stereocenters. The third-order valence-electron chi connectivity index (χ3n) is 1.96. The Kier molecular flexibility index (Phi) is 3.35. The predicted molar refractivity (Wildman–Crippen MR) is 49.7 cm³/mol. The Morgan fingerprint density at radius 2 is 2.17 bits per heavy atom. The van der Waals surface area contributed by atoms with E-state index in [1.165, 1.54) is 0 Å². The van der Waals surface area contributed by atoms with Gasteiger partial charge in [-0.2, -0.15) is 0 Å². The fraction of sp³-hybridized carbons (Fsp3) is 0.600. The van der Waals surface area contributed by atoms with Crippen molar-refractivity contribution < 1.29 is 4.42 Å².